The number of hydrogen-bond acceptors (Lipinski definition) is 4. The zero-order valence-electron chi connectivity index (χ0n) is 16.4. The third-order valence-corrected chi connectivity index (χ3v) is 4.45. The maximum Gasteiger partial charge on any atom is 0.261 e. The fourth-order valence-electron chi connectivity index (χ4n) is 2.48. The first-order valence-electron chi connectivity index (χ1n) is 9.37. The first-order chi connectivity index (χ1) is 13.9. The van der Waals surface area contributed by atoms with E-state index in [-0.39, 0.29) is 16.9 Å². The maximum atomic E-state index is 12.7. The second-order valence-electron chi connectivity index (χ2n) is 6.28. The number of carbonyl (C=O) groups excluding carboxylic acids is 2. The summed E-state index contributed by atoms with van der Waals surface area (Å²) in [5, 5.41) is 8.60. The van der Waals surface area contributed by atoms with Crippen LogP contribution in [0, 0.1) is 0 Å². The molecule has 2 aromatic rings. The molecule has 0 saturated heterocycles. The van der Waals surface area contributed by atoms with E-state index in [9.17, 15) is 9.59 Å². The molecule has 0 atom stereocenters. The van der Waals surface area contributed by atoms with E-state index < -0.39 is 0 Å². The average molecular weight is 478 g/mol. The first-order valence-corrected chi connectivity index (χ1v) is 10.6. The summed E-state index contributed by atoms with van der Waals surface area (Å²) >= 11 is 8.64. The van der Waals surface area contributed by atoms with Crippen molar-refractivity contribution in [3.8, 4) is 5.75 Å². The lowest BCUT2D eigenvalue weighted by Gasteiger charge is -2.14. The Morgan fingerprint density at radius 2 is 1.76 bits per heavy atom. The Labute approximate surface area is 184 Å². The van der Waals surface area contributed by atoms with E-state index in [1.807, 2.05) is 19.9 Å². The second kappa shape index (κ2) is 11.5. The molecule has 0 unspecified atom stereocenters. The van der Waals surface area contributed by atoms with Crippen LogP contribution in [0.5, 0.6) is 5.75 Å². The molecule has 0 fully saturated rings. The van der Waals surface area contributed by atoms with Crippen LogP contribution in [0.25, 0.3) is 0 Å². The molecule has 8 heteroatoms. The largest absolute Gasteiger partial charge is 0.493 e. The summed E-state index contributed by atoms with van der Waals surface area (Å²) in [6.45, 7) is 4.46. The molecule has 0 radical (unpaired) electrons. The fraction of sp³-hybridized carbons (Fsp3) is 0.286. The van der Waals surface area contributed by atoms with Crippen molar-refractivity contribution in [1.29, 1.82) is 0 Å². The Balaban J connectivity index is 2.03. The number of hydrogen-bond donors (Lipinski definition) is 3. The molecule has 0 heterocycles. The number of carbonyl (C=O) groups is 2. The molecule has 29 heavy (non-hydrogen) atoms. The topological polar surface area (TPSA) is 79.5 Å². The molecular formula is C21H24BrN3O3S. The van der Waals surface area contributed by atoms with Crippen LogP contribution in [0.4, 0.5) is 11.4 Å². The van der Waals surface area contributed by atoms with Crippen LogP contribution in [-0.4, -0.2) is 23.5 Å². The molecular weight excluding hydrogens is 454 g/mol. The molecule has 2 amide bonds. The predicted octanol–water partition coefficient (Wildman–Crippen LogP) is 5.10. The third kappa shape index (κ3) is 7.47. The van der Waals surface area contributed by atoms with Gasteiger partial charge in [-0.25, -0.2) is 0 Å². The van der Waals surface area contributed by atoms with Gasteiger partial charge in [-0.15, -0.1) is 0 Å². The molecule has 0 spiro atoms. The lowest BCUT2D eigenvalue weighted by atomic mass is 10.2. The van der Waals surface area contributed by atoms with Gasteiger partial charge in [-0.1, -0.05) is 35.8 Å². The van der Waals surface area contributed by atoms with E-state index in [1.165, 1.54) is 0 Å². The van der Waals surface area contributed by atoms with Gasteiger partial charge in [0, 0.05) is 22.3 Å². The number of benzene rings is 2. The van der Waals surface area contributed by atoms with Gasteiger partial charge in [0.2, 0.25) is 5.91 Å². The van der Waals surface area contributed by atoms with Crippen molar-refractivity contribution in [2.75, 3.05) is 17.2 Å². The minimum Gasteiger partial charge on any atom is -0.493 e. The van der Waals surface area contributed by atoms with Crippen molar-refractivity contribution in [3.05, 3.63) is 52.5 Å². The Kier molecular flexibility index (Phi) is 9.08. The van der Waals surface area contributed by atoms with Crippen LogP contribution >= 0.6 is 28.1 Å². The van der Waals surface area contributed by atoms with Crippen LogP contribution in [-0.2, 0) is 4.79 Å². The standard InChI is InChI=1S/C21H24BrN3O3S/c1-3-6-19(26)23-15-7-5-8-16(13-15)24-21(29)25-20(27)17-12-14(22)9-10-18(17)28-11-4-2/h5,7-10,12-13H,3-4,6,11H2,1-2H3,(H,23,26)(H2,24,25,27,29). The lowest BCUT2D eigenvalue weighted by molar-refractivity contribution is -0.116. The Morgan fingerprint density at radius 1 is 1.03 bits per heavy atom. The summed E-state index contributed by atoms with van der Waals surface area (Å²) in [5.74, 6) is 0.0769. The van der Waals surface area contributed by atoms with Gasteiger partial charge in [-0.2, -0.15) is 0 Å². The van der Waals surface area contributed by atoms with Crippen molar-refractivity contribution in [2.45, 2.75) is 33.1 Å². The SMILES string of the molecule is CCCOc1ccc(Br)cc1C(=O)NC(=S)Nc1cccc(NC(=O)CCC)c1. The average Bonchev–Trinajstić information content (AvgIpc) is 2.67. The molecule has 0 aliphatic carbocycles. The Bertz CT molecular complexity index is 889. The molecule has 0 aromatic heterocycles. The van der Waals surface area contributed by atoms with E-state index >= 15 is 0 Å². The summed E-state index contributed by atoms with van der Waals surface area (Å²) in [4.78, 5) is 24.4. The quantitative estimate of drug-likeness (QED) is 0.460. The smallest absolute Gasteiger partial charge is 0.261 e. The molecule has 3 N–H and O–H groups in total. The van der Waals surface area contributed by atoms with Crippen molar-refractivity contribution in [3.63, 3.8) is 0 Å². The van der Waals surface area contributed by atoms with Crippen LogP contribution in [0.15, 0.2) is 46.9 Å². The Hall–Kier alpha value is -2.45. The molecule has 6 nitrogen and oxygen atoms in total. The van der Waals surface area contributed by atoms with Crippen molar-refractivity contribution >= 4 is 56.4 Å². The zero-order chi connectivity index (χ0) is 21.2. The monoisotopic (exact) mass is 477 g/mol. The molecule has 154 valence electrons. The van der Waals surface area contributed by atoms with Gasteiger partial charge < -0.3 is 15.4 Å². The van der Waals surface area contributed by atoms with Gasteiger partial charge in [0.15, 0.2) is 5.11 Å². The number of anilines is 2. The minimum absolute atomic E-state index is 0.0465. The first kappa shape index (κ1) is 22.8. The van der Waals surface area contributed by atoms with Gasteiger partial charge in [0.1, 0.15) is 5.75 Å². The number of amides is 2. The Morgan fingerprint density at radius 3 is 2.45 bits per heavy atom. The highest BCUT2D eigenvalue weighted by Crippen LogP contribution is 2.23. The van der Waals surface area contributed by atoms with Crippen LogP contribution in [0.3, 0.4) is 0 Å². The van der Waals surface area contributed by atoms with Crippen LogP contribution in [0.2, 0.25) is 0 Å². The zero-order valence-corrected chi connectivity index (χ0v) is 18.8. The predicted molar refractivity (Wildman–Crippen MR) is 124 cm³/mol. The normalized spacial score (nSPS) is 10.2. The highest BCUT2D eigenvalue weighted by Gasteiger charge is 2.15. The molecule has 2 rings (SSSR count). The summed E-state index contributed by atoms with van der Waals surface area (Å²) in [6, 6.07) is 12.4. The van der Waals surface area contributed by atoms with E-state index in [4.69, 9.17) is 17.0 Å². The molecule has 0 aliphatic rings. The number of rotatable bonds is 8. The lowest BCUT2D eigenvalue weighted by Crippen LogP contribution is -2.34. The fourth-order valence-corrected chi connectivity index (χ4v) is 3.05. The van der Waals surface area contributed by atoms with Gasteiger partial charge >= 0.3 is 0 Å². The number of halogens is 1. The number of thiocarbonyl (C=S) groups is 1. The molecule has 2 aromatic carbocycles. The second-order valence-corrected chi connectivity index (χ2v) is 7.60. The summed E-state index contributed by atoms with van der Waals surface area (Å²) in [5.41, 5.74) is 1.70. The molecule has 0 aliphatic heterocycles. The van der Waals surface area contributed by atoms with Crippen molar-refractivity contribution in [2.24, 2.45) is 0 Å². The van der Waals surface area contributed by atoms with Crippen molar-refractivity contribution < 1.29 is 14.3 Å². The summed E-state index contributed by atoms with van der Waals surface area (Å²) in [6.07, 6.45) is 2.07. The summed E-state index contributed by atoms with van der Waals surface area (Å²) < 4.78 is 6.41. The number of nitrogens with one attached hydrogen (secondary N) is 3. The van der Waals surface area contributed by atoms with Crippen LogP contribution < -0.4 is 20.7 Å². The summed E-state index contributed by atoms with van der Waals surface area (Å²) in [7, 11) is 0. The van der Waals surface area contributed by atoms with Gasteiger partial charge in [-0.3, -0.25) is 14.9 Å². The van der Waals surface area contributed by atoms with Crippen molar-refractivity contribution in [1.82, 2.24) is 5.32 Å². The highest BCUT2D eigenvalue weighted by atomic mass is 79.9. The minimum atomic E-state index is -0.373. The van der Waals surface area contributed by atoms with E-state index in [1.54, 1.807) is 36.4 Å². The van der Waals surface area contributed by atoms with E-state index in [0.717, 1.165) is 17.3 Å². The molecule has 0 bridgehead atoms. The van der Waals surface area contributed by atoms with E-state index in [0.29, 0.717) is 35.7 Å². The third-order valence-electron chi connectivity index (χ3n) is 3.76. The molecule has 0 saturated carbocycles. The van der Waals surface area contributed by atoms with Gasteiger partial charge in [-0.05, 0) is 61.5 Å². The van der Waals surface area contributed by atoms with Gasteiger partial charge in [0.25, 0.3) is 5.91 Å². The number of ether oxygens (including phenoxy) is 1. The highest BCUT2D eigenvalue weighted by molar-refractivity contribution is 9.10. The van der Waals surface area contributed by atoms with Gasteiger partial charge in [0.05, 0.1) is 12.2 Å². The van der Waals surface area contributed by atoms with Crippen LogP contribution in [0.1, 0.15) is 43.5 Å². The van der Waals surface area contributed by atoms with E-state index in [2.05, 4.69) is 31.9 Å². The maximum absolute atomic E-state index is 12.7.